The number of nitrogens with zero attached hydrogens (tertiary/aromatic N) is 4. The van der Waals surface area contributed by atoms with Gasteiger partial charge in [-0.3, -0.25) is 0 Å². The van der Waals surface area contributed by atoms with Crippen LogP contribution in [0.4, 0.5) is 4.79 Å². The molecular weight excluding hydrogens is 264 g/mol. The van der Waals surface area contributed by atoms with Crippen LogP contribution in [0.3, 0.4) is 0 Å². The number of carbonyl (C=O) groups is 1. The molecule has 1 aliphatic heterocycles. The molecule has 0 spiro atoms. The second kappa shape index (κ2) is 5.32. The molecule has 2 rings (SSSR count). The van der Waals surface area contributed by atoms with Gasteiger partial charge in [0.15, 0.2) is 0 Å². The first-order valence-electron chi connectivity index (χ1n) is 6.13. The van der Waals surface area contributed by atoms with E-state index in [9.17, 15) is 4.79 Å². The highest BCUT2D eigenvalue weighted by Crippen LogP contribution is 2.19. The third-order valence-electron chi connectivity index (χ3n) is 2.61. The van der Waals surface area contributed by atoms with Gasteiger partial charge < -0.3 is 9.64 Å². The number of aromatic nitrogens is 3. The first kappa shape index (κ1) is 14.0. The molecule has 0 bridgehead atoms. The van der Waals surface area contributed by atoms with Gasteiger partial charge in [0, 0.05) is 13.0 Å². The molecule has 0 saturated heterocycles. The van der Waals surface area contributed by atoms with E-state index in [4.69, 9.17) is 4.74 Å². The van der Waals surface area contributed by atoms with Crippen LogP contribution >= 0.6 is 11.8 Å². The van der Waals surface area contributed by atoms with E-state index in [0.717, 1.165) is 11.4 Å². The Morgan fingerprint density at radius 2 is 2.05 bits per heavy atom. The van der Waals surface area contributed by atoms with Gasteiger partial charge in [0.2, 0.25) is 5.16 Å². The van der Waals surface area contributed by atoms with Gasteiger partial charge in [-0.15, -0.1) is 10.2 Å². The summed E-state index contributed by atoms with van der Waals surface area (Å²) in [6, 6.07) is 0. The fourth-order valence-electron chi connectivity index (χ4n) is 1.76. The van der Waals surface area contributed by atoms with Crippen molar-refractivity contribution < 1.29 is 9.53 Å². The maximum atomic E-state index is 12.0. The number of rotatable bonds is 1. The van der Waals surface area contributed by atoms with E-state index >= 15 is 0 Å². The second-order valence-electron chi connectivity index (χ2n) is 5.34. The van der Waals surface area contributed by atoms with Crippen molar-refractivity contribution in [3.63, 3.8) is 0 Å². The first-order valence-corrected chi connectivity index (χ1v) is 7.36. The summed E-state index contributed by atoms with van der Waals surface area (Å²) >= 11 is 1.47. The summed E-state index contributed by atoms with van der Waals surface area (Å²) in [7, 11) is 0. The van der Waals surface area contributed by atoms with Gasteiger partial charge in [-0.2, -0.15) is 0 Å². The molecule has 0 aromatic carbocycles. The Labute approximate surface area is 116 Å². The molecular formula is C12H18N4O2S. The Kier molecular flexibility index (Phi) is 3.93. The summed E-state index contributed by atoms with van der Waals surface area (Å²) in [6.07, 6.45) is 2.30. The number of carbonyl (C=O) groups excluding carboxylic acids is 1. The third-order valence-corrected chi connectivity index (χ3v) is 3.15. The molecule has 104 valence electrons. The highest BCUT2D eigenvalue weighted by atomic mass is 32.2. The van der Waals surface area contributed by atoms with Crippen LogP contribution < -0.4 is 0 Å². The Hall–Kier alpha value is -1.37. The summed E-state index contributed by atoms with van der Waals surface area (Å²) < 4.78 is 5.35. The number of ether oxygens (including phenoxy) is 1. The fourth-order valence-corrected chi connectivity index (χ4v) is 2.08. The molecule has 2 heterocycles. The lowest BCUT2D eigenvalue weighted by Crippen LogP contribution is -2.40. The van der Waals surface area contributed by atoms with Crippen LogP contribution in [0.15, 0.2) is 5.16 Å². The quantitative estimate of drug-likeness (QED) is 0.733. The van der Waals surface area contributed by atoms with Crippen molar-refractivity contribution >= 4 is 17.9 Å². The van der Waals surface area contributed by atoms with Crippen LogP contribution in [0.2, 0.25) is 0 Å². The van der Waals surface area contributed by atoms with Crippen molar-refractivity contribution in [3.05, 3.63) is 11.4 Å². The summed E-state index contributed by atoms with van der Waals surface area (Å²) in [5, 5.41) is 8.81. The molecule has 1 aliphatic rings. The number of hydrogen-bond donors (Lipinski definition) is 0. The minimum Gasteiger partial charge on any atom is -0.444 e. The Morgan fingerprint density at radius 1 is 1.32 bits per heavy atom. The van der Waals surface area contributed by atoms with Crippen LogP contribution in [-0.4, -0.2) is 44.6 Å². The van der Waals surface area contributed by atoms with Crippen molar-refractivity contribution in [3.8, 4) is 0 Å². The van der Waals surface area contributed by atoms with Crippen LogP contribution in [0.5, 0.6) is 0 Å². The summed E-state index contributed by atoms with van der Waals surface area (Å²) in [6.45, 7) is 6.59. The van der Waals surface area contributed by atoms with Crippen molar-refractivity contribution in [1.29, 1.82) is 0 Å². The number of hydrogen-bond acceptors (Lipinski definition) is 6. The standard InChI is InChI=1S/C12H18N4O2S/c1-12(2,3)18-11(17)16-6-5-8-9(7-16)14-15-10(13-8)19-4/h5-7H2,1-4H3. The van der Waals surface area contributed by atoms with Crippen LogP contribution in [0, 0.1) is 0 Å². The molecule has 1 amide bonds. The van der Waals surface area contributed by atoms with E-state index in [1.807, 2.05) is 27.0 Å². The minimum atomic E-state index is -0.482. The zero-order chi connectivity index (χ0) is 14.0. The Bertz CT molecular complexity index is 487. The van der Waals surface area contributed by atoms with Crippen LogP contribution in [0.25, 0.3) is 0 Å². The maximum Gasteiger partial charge on any atom is 0.410 e. The average molecular weight is 282 g/mol. The zero-order valence-corrected chi connectivity index (χ0v) is 12.5. The molecule has 1 aromatic rings. The average Bonchev–Trinajstić information content (AvgIpc) is 2.35. The van der Waals surface area contributed by atoms with Crippen LogP contribution in [-0.2, 0) is 17.7 Å². The summed E-state index contributed by atoms with van der Waals surface area (Å²) in [4.78, 5) is 18.0. The number of thioether (sulfide) groups is 1. The van der Waals surface area contributed by atoms with E-state index in [0.29, 0.717) is 24.7 Å². The largest absolute Gasteiger partial charge is 0.444 e. The van der Waals surface area contributed by atoms with Gasteiger partial charge in [0.25, 0.3) is 0 Å². The maximum absolute atomic E-state index is 12.0. The molecule has 0 unspecified atom stereocenters. The van der Waals surface area contributed by atoms with Gasteiger partial charge in [0.05, 0.1) is 12.2 Å². The number of amides is 1. The molecule has 0 radical (unpaired) electrons. The topological polar surface area (TPSA) is 68.2 Å². The van der Waals surface area contributed by atoms with Crippen molar-refractivity contribution in [2.45, 2.75) is 44.5 Å². The fraction of sp³-hybridized carbons (Fsp3) is 0.667. The Balaban J connectivity index is 2.08. The highest BCUT2D eigenvalue weighted by molar-refractivity contribution is 7.98. The van der Waals surface area contributed by atoms with E-state index in [-0.39, 0.29) is 6.09 Å². The monoisotopic (exact) mass is 282 g/mol. The SMILES string of the molecule is CSc1nnc2c(n1)CCN(C(=O)OC(C)(C)C)C2. The molecule has 6 nitrogen and oxygen atoms in total. The highest BCUT2D eigenvalue weighted by Gasteiger charge is 2.27. The zero-order valence-electron chi connectivity index (χ0n) is 11.6. The molecule has 7 heteroatoms. The molecule has 19 heavy (non-hydrogen) atoms. The van der Waals surface area contributed by atoms with Gasteiger partial charge >= 0.3 is 6.09 Å². The van der Waals surface area contributed by atoms with Gasteiger partial charge in [0.1, 0.15) is 11.3 Å². The molecule has 1 aromatic heterocycles. The smallest absolute Gasteiger partial charge is 0.410 e. The lowest BCUT2D eigenvalue weighted by Gasteiger charge is -2.29. The minimum absolute atomic E-state index is 0.311. The van der Waals surface area contributed by atoms with E-state index in [1.165, 1.54) is 11.8 Å². The third kappa shape index (κ3) is 3.56. The van der Waals surface area contributed by atoms with Gasteiger partial charge in [-0.05, 0) is 27.0 Å². The lowest BCUT2D eigenvalue weighted by molar-refractivity contribution is 0.0218. The molecule has 0 N–H and O–H groups in total. The van der Waals surface area contributed by atoms with E-state index in [1.54, 1.807) is 4.90 Å². The van der Waals surface area contributed by atoms with E-state index in [2.05, 4.69) is 15.2 Å². The van der Waals surface area contributed by atoms with Crippen molar-refractivity contribution in [2.24, 2.45) is 0 Å². The number of fused-ring (bicyclic) bond motifs is 1. The molecule has 0 atom stereocenters. The molecule has 0 fully saturated rings. The van der Waals surface area contributed by atoms with Crippen molar-refractivity contribution in [1.82, 2.24) is 20.1 Å². The lowest BCUT2D eigenvalue weighted by atomic mass is 10.1. The van der Waals surface area contributed by atoms with Crippen LogP contribution in [0.1, 0.15) is 32.2 Å². The first-order chi connectivity index (χ1) is 8.89. The summed E-state index contributed by atoms with van der Waals surface area (Å²) in [5.41, 5.74) is 1.21. The molecule has 0 saturated carbocycles. The van der Waals surface area contributed by atoms with Gasteiger partial charge in [-0.1, -0.05) is 11.8 Å². The normalized spacial score (nSPS) is 15.1. The van der Waals surface area contributed by atoms with Gasteiger partial charge in [-0.25, -0.2) is 9.78 Å². The van der Waals surface area contributed by atoms with Crippen molar-refractivity contribution in [2.75, 3.05) is 12.8 Å². The predicted molar refractivity (Wildman–Crippen MR) is 72.0 cm³/mol. The predicted octanol–water partition coefficient (Wildman–Crippen LogP) is 1.89. The Morgan fingerprint density at radius 3 is 2.68 bits per heavy atom. The van der Waals surface area contributed by atoms with E-state index < -0.39 is 5.60 Å². The molecule has 0 aliphatic carbocycles. The second-order valence-corrected chi connectivity index (χ2v) is 6.12. The summed E-state index contributed by atoms with van der Waals surface area (Å²) in [5.74, 6) is 0.